The number of fused-ring (bicyclic) bond motifs is 1. The highest BCUT2D eigenvalue weighted by molar-refractivity contribution is 6.35. The monoisotopic (exact) mass is 413 g/mol. The van der Waals surface area contributed by atoms with Gasteiger partial charge in [-0.3, -0.25) is 0 Å². The van der Waals surface area contributed by atoms with Crippen molar-refractivity contribution < 1.29 is 4.74 Å². The first-order valence-corrected chi connectivity index (χ1v) is 9.29. The molecule has 2 aromatic carbocycles. The van der Waals surface area contributed by atoms with Gasteiger partial charge in [0.2, 0.25) is 11.8 Å². The van der Waals surface area contributed by atoms with Crippen molar-refractivity contribution in [1.29, 1.82) is 0 Å². The van der Waals surface area contributed by atoms with Crippen molar-refractivity contribution >= 4 is 45.9 Å². The van der Waals surface area contributed by atoms with Gasteiger partial charge in [0, 0.05) is 25.5 Å². The lowest BCUT2D eigenvalue weighted by atomic mass is 10.2. The molecule has 2 aromatic heterocycles. The average Bonchev–Trinajstić information content (AvgIpc) is 2.99. The minimum atomic E-state index is 0.316. The standard InChI is InChI=1S/C20H17Cl2N5O/c1-27-18-9-14(23)4-7-17(18)26-20(27)25-10-12-2-5-15(6-3-12)28-19-16(22)8-13(21)11-24-19/h2-9,11H,10,23H2,1H3,(H,25,26). The Hall–Kier alpha value is -2.96. The Kier molecular flexibility index (Phi) is 4.98. The fourth-order valence-corrected chi connectivity index (χ4v) is 3.23. The Balaban J connectivity index is 1.44. The third-order valence-electron chi connectivity index (χ3n) is 4.27. The van der Waals surface area contributed by atoms with E-state index in [1.54, 1.807) is 6.07 Å². The minimum absolute atomic E-state index is 0.316. The Morgan fingerprint density at radius 3 is 2.64 bits per heavy atom. The summed E-state index contributed by atoms with van der Waals surface area (Å²) in [6.45, 7) is 0.618. The zero-order valence-corrected chi connectivity index (χ0v) is 16.5. The average molecular weight is 414 g/mol. The third-order valence-corrected chi connectivity index (χ3v) is 4.74. The van der Waals surface area contributed by atoms with Crippen molar-refractivity contribution in [3.05, 3.63) is 70.3 Å². The molecule has 8 heteroatoms. The van der Waals surface area contributed by atoms with E-state index in [1.165, 1.54) is 6.20 Å². The van der Waals surface area contributed by atoms with Crippen LogP contribution in [-0.2, 0) is 13.6 Å². The highest BCUT2D eigenvalue weighted by Crippen LogP contribution is 2.29. The van der Waals surface area contributed by atoms with Gasteiger partial charge in [0.1, 0.15) is 10.8 Å². The van der Waals surface area contributed by atoms with E-state index in [0.29, 0.717) is 33.9 Å². The van der Waals surface area contributed by atoms with Crippen LogP contribution in [0.25, 0.3) is 11.0 Å². The minimum Gasteiger partial charge on any atom is -0.438 e. The number of imidazole rings is 1. The molecule has 3 N–H and O–H groups in total. The zero-order chi connectivity index (χ0) is 19.7. The van der Waals surface area contributed by atoms with Crippen molar-refractivity contribution in [2.45, 2.75) is 6.54 Å². The summed E-state index contributed by atoms with van der Waals surface area (Å²) in [6, 6.07) is 14.9. The van der Waals surface area contributed by atoms with Crippen LogP contribution in [0, 0.1) is 0 Å². The topological polar surface area (TPSA) is 78.0 Å². The highest BCUT2D eigenvalue weighted by Gasteiger charge is 2.09. The van der Waals surface area contributed by atoms with Crippen LogP contribution < -0.4 is 15.8 Å². The summed E-state index contributed by atoms with van der Waals surface area (Å²) in [6.07, 6.45) is 1.49. The van der Waals surface area contributed by atoms with Crippen LogP contribution in [0.4, 0.5) is 11.6 Å². The number of benzene rings is 2. The molecule has 0 radical (unpaired) electrons. The molecule has 142 valence electrons. The van der Waals surface area contributed by atoms with Crippen LogP contribution in [0.1, 0.15) is 5.56 Å². The van der Waals surface area contributed by atoms with Crippen molar-refractivity contribution in [2.24, 2.45) is 7.05 Å². The number of nitrogens with one attached hydrogen (secondary N) is 1. The Bertz CT molecular complexity index is 1140. The van der Waals surface area contributed by atoms with Gasteiger partial charge in [0.15, 0.2) is 0 Å². The number of aryl methyl sites for hydroxylation is 1. The second-order valence-electron chi connectivity index (χ2n) is 6.28. The molecule has 4 aromatic rings. The first kappa shape index (κ1) is 18.4. The molecule has 0 amide bonds. The van der Waals surface area contributed by atoms with Crippen molar-refractivity contribution in [3.63, 3.8) is 0 Å². The number of aromatic nitrogens is 3. The maximum Gasteiger partial charge on any atom is 0.238 e. The maximum atomic E-state index is 6.09. The summed E-state index contributed by atoms with van der Waals surface area (Å²) >= 11 is 11.9. The molecule has 0 aliphatic heterocycles. The third kappa shape index (κ3) is 3.83. The van der Waals surface area contributed by atoms with Gasteiger partial charge in [0.05, 0.1) is 16.1 Å². The normalized spacial score (nSPS) is 11.0. The second kappa shape index (κ2) is 7.58. The molecule has 28 heavy (non-hydrogen) atoms. The smallest absolute Gasteiger partial charge is 0.238 e. The molecule has 0 saturated carbocycles. The van der Waals surface area contributed by atoms with Gasteiger partial charge < -0.3 is 20.4 Å². The van der Waals surface area contributed by atoms with Crippen LogP contribution in [0.2, 0.25) is 10.0 Å². The Morgan fingerprint density at radius 1 is 1.11 bits per heavy atom. The number of ether oxygens (including phenoxy) is 1. The number of hydrogen-bond acceptors (Lipinski definition) is 5. The van der Waals surface area contributed by atoms with Crippen LogP contribution in [0.5, 0.6) is 11.6 Å². The number of anilines is 2. The molecule has 4 rings (SSSR count). The van der Waals surface area contributed by atoms with Crippen LogP contribution in [-0.4, -0.2) is 14.5 Å². The molecule has 0 bridgehead atoms. The van der Waals surface area contributed by atoms with Crippen molar-refractivity contribution in [2.75, 3.05) is 11.1 Å². The fourth-order valence-electron chi connectivity index (χ4n) is 2.81. The summed E-state index contributed by atoms with van der Waals surface area (Å²) in [4.78, 5) is 8.69. The molecule has 0 aliphatic carbocycles. The predicted molar refractivity (Wildman–Crippen MR) is 113 cm³/mol. The molecule has 0 aliphatic rings. The molecule has 6 nitrogen and oxygen atoms in total. The summed E-state index contributed by atoms with van der Waals surface area (Å²) in [5.74, 6) is 1.73. The summed E-state index contributed by atoms with van der Waals surface area (Å²) in [7, 11) is 1.96. The number of nitrogens with two attached hydrogens (primary N) is 1. The molecule has 0 atom stereocenters. The van der Waals surface area contributed by atoms with E-state index in [9.17, 15) is 0 Å². The van der Waals surface area contributed by atoms with Gasteiger partial charge in [-0.2, -0.15) is 0 Å². The SMILES string of the molecule is Cn1c(NCc2ccc(Oc3ncc(Cl)cc3Cl)cc2)nc2ccc(N)cc21. The maximum absolute atomic E-state index is 6.09. The molecular weight excluding hydrogens is 397 g/mol. The van der Waals surface area contributed by atoms with Gasteiger partial charge in [-0.25, -0.2) is 9.97 Å². The quantitative estimate of drug-likeness (QED) is 0.436. The molecule has 0 fully saturated rings. The summed E-state index contributed by atoms with van der Waals surface area (Å²) in [5.41, 5.74) is 9.54. The molecular formula is C20H17Cl2N5O. The fraction of sp³-hybridized carbons (Fsp3) is 0.100. The number of rotatable bonds is 5. The zero-order valence-electron chi connectivity index (χ0n) is 15.0. The van der Waals surface area contributed by atoms with Gasteiger partial charge in [0.25, 0.3) is 0 Å². The predicted octanol–water partition coefficient (Wildman–Crippen LogP) is 5.26. The van der Waals surface area contributed by atoms with E-state index >= 15 is 0 Å². The van der Waals surface area contributed by atoms with Crippen molar-refractivity contribution in [3.8, 4) is 11.6 Å². The van der Waals surface area contributed by atoms with Gasteiger partial charge in [-0.1, -0.05) is 35.3 Å². The number of nitrogen functional groups attached to an aromatic ring is 1. The first-order valence-electron chi connectivity index (χ1n) is 8.53. The van der Waals surface area contributed by atoms with E-state index < -0.39 is 0 Å². The van der Waals surface area contributed by atoms with Gasteiger partial charge in [-0.05, 0) is 42.0 Å². The van der Waals surface area contributed by atoms with E-state index in [-0.39, 0.29) is 0 Å². The summed E-state index contributed by atoms with van der Waals surface area (Å²) < 4.78 is 7.69. The van der Waals surface area contributed by atoms with Crippen LogP contribution >= 0.6 is 23.2 Å². The second-order valence-corrected chi connectivity index (χ2v) is 7.13. The number of nitrogens with zero attached hydrogens (tertiary/aromatic N) is 3. The van der Waals surface area contributed by atoms with Crippen LogP contribution in [0.3, 0.4) is 0 Å². The lowest BCUT2D eigenvalue weighted by molar-refractivity contribution is 0.463. The first-order chi connectivity index (χ1) is 13.5. The molecule has 0 spiro atoms. The molecule has 0 saturated heterocycles. The van der Waals surface area contributed by atoms with E-state index in [1.807, 2.05) is 54.1 Å². The van der Waals surface area contributed by atoms with E-state index in [2.05, 4.69) is 15.3 Å². The van der Waals surface area contributed by atoms with Crippen molar-refractivity contribution in [1.82, 2.24) is 14.5 Å². The molecule has 2 heterocycles. The lowest BCUT2D eigenvalue weighted by Crippen LogP contribution is -2.05. The van der Waals surface area contributed by atoms with Crippen LogP contribution in [0.15, 0.2) is 54.7 Å². The summed E-state index contributed by atoms with van der Waals surface area (Å²) in [5, 5.41) is 4.17. The highest BCUT2D eigenvalue weighted by atomic mass is 35.5. The lowest BCUT2D eigenvalue weighted by Gasteiger charge is -2.09. The largest absolute Gasteiger partial charge is 0.438 e. The van der Waals surface area contributed by atoms with Gasteiger partial charge in [-0.15, -0.1) is 0 Å². The van der Waals surface area contributed by atoms with E-state index in [4.69, 9.17) is 33.7 Å². The number of pyridine rings is 1. The van der Waals surface area contributed by atoms with E-state index in [0.717, 1.165) is 22.5 Å². The Morgan fingerprint density at radius 2 is 1.89 bits per heavy atom. The van der Waals surface area contributed by atoms with Gasteiger partial charge >= 0.3 is 0 Å². The molecule has 0 unspecified atom stereocenters. The number of hydrogen-bond donors (Lipinski definition) is 2. The number of halogens is 2. The Labute approximate surface area is 171 Å².